The third-order valence-electron chi connectivity index (χ3n) is 4.95. The van der Waals surface area contributed by atoms with Gasteiger partial charge in [-0.25, -0.2) is 0 Å². The number of carbonyl (C=O) groups excluding carboxylic acids is 1. The number of benzene rings is 1. The summed E-state index contributed by atoms with van der Waals surface area (Å²) in [5, 5.41) is 11.9. The summed E-state index contributed by atoms with van der Waals surface area (Å²) < 4.78 is 10.9. The van der Waals surface area contributed by atoms with Crippen LogP contribution in [0.1, 0.15) is 44.6 Å². The van der Waals surface area contributed by atoms with E-state index in [0.717, 1.165) is 25.4 Å². The highest BCUT2D eigenvalue weighted by Gasteiger charge is 2.14. The summed E-state index contributed by atoms with van der Waals surface area (Å²) in [6, 6.07) is 7.12. The van der Waals surface area contributed by atoms with Gasteiger partial charge in [0.05, 0.1) is 25.3 Å². The van der Waals surface area contributed by atoms with Crippen molar-refractivity contribution >= 4 is 5.91 Å². The minimum absolute atomic E-state index is 0.0673. The third kappa shape index (κ3) is 7.48. The molecule has 0 atom stereocenters. The van der Waals surface area contributed by atoms with E-state index in [1.807, 2.05) is 0 Å². The molecule has 6 nitrogen and oxygen atoms in total. The number of carbonyl (C=O) groups is 1. The number of nitrogens with one attached hydrogen (secondary N) is 1. The van der Waals surface area contributed by atoms with Crippen molar-refractivity contribution in [3.8, 4) is 17.6 Å². The van der Waals surface area contributed by atoms with E-state index in [9.17, 15) is 4.79 Å². The van der Waals surface area contributed by atoms with Crippen LogP contribution in [0.4, 0.5) is 0 Å². The van der Waals surface area contributed by atoms with Gasteiger partial charge in [0.25, 0.3) is 0 Å². The fourth-order valence-corrected chi connectivity index (χ4v) is 3.18. The fraction of sp³-hybridized carbons (Fsp3) is 0.619. The van der Waals surface area contributed by atoms with Gasteiger partial charge in [-0.1, -0.05) is 6.92 Å². The van der Waals surface area contributed by atoms with Gasteiger partial charge in [0.15, 0.2) is 11.5 Å². The Bertz CT molecular complexity index is 634. The lowest BCUT2D eigenvalue weighted by molar-refractivity contribution is -0.121. The lowest BCUT2D eigenvalue weighted by Gasteiger charge is -2.30. The van der Waals surface area contributed by atoms with Crippen LogP contribution in [-0.2, 0) is 4.79 Å². The minimum Gasteiger partial charge on any atom is -0.493 e. The number of likely N-dealkylation sites (tertiary alicyclic amines) is 1. The van der Waals surface area contributed by atoms with Gasteiger partial charge < -0.3 is 19.7 Å². The zero-order chi connectivity index (χ0) is 19.5. The molecule has 1 aliphatic heterocycles. The van der Waals surface area contributed by atoms with Crippen molar-refractivity contribution < 1.29 is 14.3 Å². The maximum atomic E-state index is 11.9. The van der Waals surface area contributed by atoms with E-state index in [4.69, 9.17) is 14.7 Å². The maximum Gasteiger partial charge on any atom is 0.220 e. The Morgan fingerprint density at radius 1 is 1.30 bits per heavy atom. The molecule has 1 aliphatic rings. The first-order chi connectivity index (χ1) is 13.1. The summed E-state index contributed by atoms with van der Waals surface area (Å²) in [7, 11) is 1.54. The SMILES string of the molecule is COc1cc(C#N)ccc1OCCCC(=O)NCCCN1CCC(C)CC1. The number of nitrogens with zero attached hydrogens (tertiary/aromatic N) is 2. The van der Waals surface area contributed by atoms with Gasteiger partial charge in [-0.3, -0.25) is 4.79 Å². The minimum atomic E-state index is 0.0673. The van der Waals surface area contributed by atoms with Gasteiger partial charge in [0.1, 0.15) is 0 Å². The molecule has 1 aromatic carbocycles. The lowest BCUT2D eigenvalue weighted by Crippen LogP contribution is -2.35. The second-order valence-electron chi connectivity index (χ2n) is 7.16. The number of ether oxygens (including phenoxy) is 2. The summed E-state index contributed by atoms with van der Waals surface area (Å²) in [6.45, 7) is 6.92. The van der Waals surface area contributed by atoms with Crippen LogP contribution < -0.4 is 14.8 Å². The molecule has 0 bridgehead atoms. The van der Waals surface area contributed by atoms with E-state index in [1.54, 1.807) is 25.3 Å². The fourth-order valence-electron chi connectivity index (χ4n) is 3.18. The summed E-state index contributed by atoms with van der Waals surface area (Å²) in [5.74, 6) is 2.04. The second-order valence-corrected chi connectivity index (χ2v) is 7.16. The molecule has 6 heteroatoms. The highest BCUT2D eigenvalue weighted by molar-refractivity contribution is 5.75. The van der Waals surface area contributed by atoms with Crippen LogP contribution in [-0.4, -0.2) is 50.7 Å². The van der Waals surface area contributed by atoms with Crippen molar-refractivity contribution in [2.75, 3.05) is 39.9 Å². The molecular weight excluding hydrogens is 342 g/mol. The first kappa shape index (κ1) is 21.0. The number of rotatable bonds is 10. The van der Waals surface area contributed by atoms with E-state index < -0.39 is 0 Å². The first-order valence-corrected chi connectivity index (χ1v) is 9.82. The standard InChI is InChI=1S/C21H31N3O3/c1-17-8-12-24(13-9-17)11-4-10-23-21(25)5-3-14-27-19-7-6-18(16-22)15-20(19)26-2/h6-7,15,17H,3-5,8-14H2,1-2H3,(H,23,25). The van der Waals surface area contributed by atoms with Crippen LogP contribution in [0.3, 0.4) is 0 Å². The normalized spacial score (nSPS) is 15.1. The zero-order valence-corrected chi connectivity index (χ0v) is 16.5. The summed E-state index contributed by atoms with van der Waals surface area (Å²) in [6.07, 6.45) is 4.66. The second kappa shape index (κ2) is 11.5. The molecule has 27 heavy (non-hydrogen) atoms. The van der Waals surface area contributed by atoms with E-state index in [-0.39, 0.29) is 5.91 Å². The topological polar surface area (TPSA) is 74.6 Å². The largest absolute Gasteiger partial charge is 0.493 e. The van der Waals surface area contributed by atoms with E-state index in [1.165, 1.54) is 25.9 Å². The van der Waals surface area contributed by atoms with Crippen LogP contribution in [0.25, 0.3) is 0 Å². The monoisotopic (exact) mass is 373 g/mol. The quantitative estimate of drug-likeness (QED) is 0.638. The smallest absolute Gasteiger partial charge is 0.220 e. The van der Waals surface area contributed by atoms with Crippen molar-refractivity contribution in [1.82, 2.24) is 10.2 Å². The number of amides is 1. The Balaban J connectivity index is 1.55. The van der Waals surface area contributed by atoms with Crippen molar-refractivity contribution in [1.29, 1.82) is 5.26 Å². The van der Waals surface area contributed by atoms with Gasteiger partial charge in [0, 0.05) is 19.0 Å². The number of piperidine rings is 1. The average Bonchev–Trinajstić information content (AvgIpc) is 2.70. The molecule has 0 aromatic heterocycles. The molecule has 1 N–H and O–H groups in total. The molecule has 1 amide bonds. The molecule has 1 aromatic rings. The number of methoxy groups -OCH3 is 1. The van der Waals surface area contributed by atoms with Crippen LogP contribution in [0.15, 0.2) is 18.2 Å². The van der Waals surface area contributed by atoms with Crippen LogP contribution in [0.2, 0.25) is 0 Å². The molecule has 2 rings (SSSR count). The van der Waals surface area contributed by atoms with Crippen molar-refractivity contribution in [3.05, 3.63) is 23.8 Å². The maximum absolute atomic E-state index is 11.9. The average molecular weight is 373 g/mol. The Morgan fingerprint density at radius 3 is 2.78 bits per heavy atom. The molecule has 148 valence electrons. The van der Waals surface area contributed by atoms with Gasteiger partial charge in [0.2, 0.25) is 5.91 Å². The van der Waals surface area contributed by atoms with Crippen molar-refractivity contribution in [2.45, 2.75) is 39.0 Å². The van der Waals surface area contributed by atoms with Crippen LogP contribution in [0.5, 0.6) is 11.5 Å². The van der Waals surface area contributed by atoms with Gasteiger partial charge >= 0.3 is 0 Å². The molecule has 0 unspecified atom stereocenters. The Morgan fingerprint density at radius 2 is 2.07 bits per heavy atom. The molecule has 1 saturated heterocycles. The molecule has 0 spiro atoms. The zero-order valence-electron chi connectivity index (χ0n) is 16.5. The first-order valence-electron chi connectivity index (χ1n) is 9.82. The highest BCUT2D eigenvalue weighted by Crippen LogP contribution is 2.27. The van der Waals surface area contributed by atoms with E-state index in [2.05, 4.69) is 23.2 Å². The van der Waals surface area contributed by atoms with Crippen molar-refractivity contribution in [2.24, 2.45) is 5.92 Å². The van der Waals surface area contributed by atoms with Gasteiger partial charge in [-0.2, -0.15) is 5.26 Å². The molecule has 0 aliphatic carbocycles. The molecule has 1 fully saturated rings. The molecule has 0 saturated carbocycles. The van der Waals surface area contributed by atoms with E-state index in [0.29, 0.717) is 36.5 Å². The highest BCUT2D eigenvalue weighted by atomic mass is 16.5. The summed E-state index contributed by atoms with van der Waals surface area (Å²) >= 11 is 0. The third-order valence-corrected chi connectivity index (χ3v) is 4.95. The van der Waals surface area contributed by atoms with Gasteiger partial charge in [-0.15, -0.1) is 0 Å². The Labute approximate surface area is 162 Å². The van der Waals surface area contributed by atoms with E-state index >= 15 is 0 Å². The molecule has 1 heterocycles. The lowest BCUT2D eigenvalue weighted by atomic mass is 9.99. The summed E-state index contributed by atoms with van der Waals surface area (Å²) in [4.78, 5) is 14.4. The van der Waals surface area contributed by atoms with Gasteiger partial charge in [-0.05, 0) is 63.4 Å². The van der Waals surface area contributed by atoms with Crippen molar-refractivity contribution in [3.63, 3.8) is 0 Å². The predicted molar refractivity (Wildman–Crippen MR) is 105 cm³/mol. The van der Waals surface area contributed by atoms with Crippen LogP contribution >= 0.6 is 0 Å². The molecule has 0 radical (unpaired) electrons. The predicted octanol–water partition coefficient (Wildman–Crippen LogP) is 2.96. The Hall–Kier alpha value is -2.26. The number of hydrogen-bond donors (Lipinski definition) is 1. The number of hydrogen-bond acceptors (Lipinski definition) is 5. The number of nitriles is 1. The summed E-state index contributed by atoms with van der Waals surface area (Å²) in [5.41, 5.74) is 0.526. The Kier molecular flexibility index (Phi) is 8.93. The van der Waals surface area contributed by atoms with Crippen LogP contribution in [0, 0.1) is 17.2 Å². The molecular formula is C21H31N3O3.